The molecule has 0 spiro atoms. The quantitative estimate of drug-likeness (QED) is 0.859. The predicted octanol–water partition coefficient (Wildman–Crippen LogP) is 2.75. The van der Waals surface area contributed by atoms with E-state index in [2.05, 4.69) is 27.1 Å². The third-order valence-corrected chi connectivity index (χ3v) is 5.66. The molecule has 0 N–H and O–H groups in total. The second-order valence-electron chi connectivity index (χ2n) is 7.30. The first-order valence-corrected chi connectivity index (χ1v) is 9.17. The van der Waals surface area contributed by atoms with Crippen molar-refractivity contribution in [1.29, 1.82) is 0 Å². The van der Waals surface area contributed by atoms with Gasteiger partial charge in [0, 0.05) is 32.2 Å². The molecule has 5 nitrogen and oxygen atoms in total. The molecule has 1 aromatic heterocycles. The molecule has 0 bridgehead atoms. The summed E-state index contributed by atoms with van der Waals surface area (Å²) in [6.07, 6.45) is 3.10. The summed E-state index contributed by atoms with van der Waals surface area (Å²) in [7, 11) is 0. The van der Waals surface area contributed by atoms with Gasteiger partial charge in [0.15, 0.2) is 5.76 Å². The minimum atomic E-state index is -0.272. The number of carbonyl (C=O) groups excluding carboxylic acids is 1. The molecule has 0 atom stereocenters. The molecule has 1 aliphatic carbocycles. The number of carbonyl (C=O) groups is 1. The Balaban J connectivity index is 1.39. The van der Waals surface area contributed by atoms with Crippen LogP contribution in [0, 0.1) is 6.92 Å². The number of aryl methyl sites for hydroxylation is 1. The number of benzene rings is 1. The van der Waals surface area contributed by atoms with Crippen molar-refractivity contribution in [2.24, 2.45) is 0 Å². The smallest absolute Gasteiger partial charge is 0.233 e. The van der Waals surface area contributed by atoms with Crippen molar-refractivity contribution in [3.05, 3.63) is 53.4 Å². The molecule has 0 radical (unpaired) electrons. The fourth-order valence-electron chi connectivity index (χ4n) is 4.04. The number of rotatable bonds is 4. The van der Waals surface area contributed by atoms with E-state index in [0.717, 1.165) is 63.4 Å². The van der Waals surface area contributed by atoms with Crippen molar-refractivity contribution >= 4 is 5.91 Å². The minimum absolute atomic E-state index is 0.272. The predicted molar refractivity (Wildman–Crippen MR) is 95.1 cm³/mol. The van der Waals surface area contributed by atoms with E-state index in [1.165, 1.54) is 5.56 Å². The van der Waals surface area contributed by atoms with E-state index in [4.69, 9.17) is 4.52 Å². The Hall–Kier alpha value is -2.14. The first-order valence-electron chi connectivity index (χ1n) is 9.17. The summed E-state index contributed by atoms with van der Waals surface area (Å²) in [5.74, 6) is 1.22. The Kier molecular flexibility index (Phi) is 4.34. The maximum absolute atomic E-state index is 13.2. The second kappa shape index (κ2) is 6.64. The summed E-state index contributed by atoms with van der Waals surface area (Å²) < 4.78 is 5.31. The van der Waals surface area contributed by atoms with Crippen LogP contribution < -0.4 is 0 Å². The summed E-state index contributed by atoms with van der Waals surface area (Å²) in [6, 6.07) is 12.3. The Bertz CT molecular complexity index is 728. The van der Waals surface area contributed by atoms with Gasteiger partial charge in [-0.05, 0) is 25.3 Å². The Morgan fingerprint density at radius 3 is 2.44 bits per heavy atom. The van der Waals surface area contributed by atoms with Crippen LogP contribution in [0.5, 0.6) is 0 Å². The largest absolute Gasteiger partial charge is 0.360 e. The number of piperazine rings is 1. The average molecular weight is 339 g/mol. The lowest BCUT2D eigenvalue weighted by Crippen LogP contribution is -2.56. The van der Waals surface area contributed by atoms with Crippen LogP contribution in [0.4, 0.5) is 0 Å². The molecular weight excluding hydrogens is 314 g/mol. The zero-order valence-corrected chi connectivity index (χ0v) is 14.8. The third kappa shape index (κ3) is 3.09. The van der Waals surface area contributed by atoms with Crippen LogP contribution in [-0.2, 0) is 16.8 Å². The van der Waals surface area contributed by atoms with Crippen LogP contribution in [0.15, 0.2) is 40.9 Å². The number of hydrogen-bond donors (Lipinski definition) is 0. The van der Waals surface area contributed by atoms with Crippen LogP contribution in [-0.4, -0.2) is 47.0 Å². The number of nitrogens with zero attached hydrogens (tertiary/aromatic N) is 3. The lowest BCUT2D eigenvalue weighted by Gasteiger charge is -2.46. The van der Waals surface area contributed by atoms with Gasteiger partial charge in [0.1, 0.15) is 0 Å². The fourth-order valence-corrected chi connectivity index (χ4v) is 4.04. The highest BCUT2D eigenvalue weighted by molar-refractivity contribution is 5.89. The highest BCUT2D eigenvalue weighted by Gasteiger charge is 2.47. The molecular formula is C20H25N3O2. The average Bonchev–Trinajstić information content (AvgIpc) is 3.00. The molecule has 25 heavy (non-hydrogen) atoms. The van der Waals surface area contributed by atoms with Crippen LogP contribution in [0.1, 0.15) is 36.3 Å². The van der Waals surface area contributed by atoms with Gasteiger partial charge in [-0.25, -0.2) is 0 Å². The standard InChI is InChI=1S/C20H25N3O2/c1-16-14-18(25-21-16)15-22-10-12-23(13-11-22)19(24)20(8-5-9-20)17-6-3-2-4-7-17/h2-4,6-7,14H,5,8-13,15H2,1H3. The molecule has 132 valence electrons. The van der Waals surface area contributed by atoms with E-state index in [9.17, 15) is 4.79 Å². The highest BCUT2D eigenvalue weighted by Crippen LogP contribution is 2.45. The highest BCUT2D eigenvalue weighted by atomic mass is 16.5. The molecule has 0 unspecified atom stereocenters. The summed E-state index contributed by atoms with van der Waals surface area (Å²) in [6.45, 7) is 6.06. The van der Waals surface area contributed by atoms with E-state index in [-0.39, 0.29) is 5.41 Å². The van der Waals surface area contributed by atoms with Crippen LogP contribution in [0.3, 0.4) is 0 Å². The first kappa shape index (κ1) is 16.3. The molecule has 1 saturated heterocycles. The first-order chi connectivity index (χ1) is 12.2. The Labute approximate surface area is 148 Å². The van der Waals surface area contributed by atoms with Gasteiger partial charge in [-0.2, -0.15) is 0 Å². The van der Waals surface area contributed by atoms with E-state index in [1.54, 1.807) is 0 Å². The van der Waals surface area contributed by atoms with E-state index < -0.39 is 0 Å². The van der Waals surface area contributed by atoms with Crippen molar-refractivity contribution in [3.63, 3.8) is 0 Å². The maximum atomic E-state index is 13.2. The molecule has 1 amide bonds. The molecule has 2 fully saturated rings. The minimum Gasteiger partial charge on any atom is -0.360 e. The third-order valence-electron chi connectivity index (χ3n) is 5.66. The molecule has 1 aromatic carbocycles. The van der Waals surface area contributed by atoms with Gasteiger partial charge in [-0.15, -0.1) is 0 Å². The van der Waals surface area contributed by atoms with E-state index in [0.29, 0.717) is 5.91 Å². The summed E-state index contributed by atoms with van der Waals surface area (Å²) in [5, 5.41) is 3.94. The SMILES string of the molecule is Cc1cc(CN2CCN(C(=O)C3(c4ccccc4)CCC3)CC2)on1. The van der Waals surface area contributed by atoms with Crippen LogP contribution >= 0.6 is 0 Å². The van der Waals surface area contributed by atoms with E-state index in [1.807, 2.05) is 31.2 Å². The number of amides is 1. The Morgan fingerprint density at radius 2 is 1.88 bits per heavy atom. The van der Waals surface area contributed by atoms with Gasteiger partial charge in [0.25, 0.3) is 0 Å². The molecule has 2 heterocycles. The topological polar surface area (TPSA) is 49.6 Å². The zero-order chi connectivity index (χ0) is 17.3. The van der Waals surface area contributed by atoms with Crippen molar-refractivity contribution in [3.8, 4) is 0 Å². The number of hydrogen-bond acceptors (Lipinski definition) is 4. The van der Waals surface area contributed by atoms with Gasteiger partial charge in [0.05, 0.1) is 17.7 Å². The van der Waals surface area contributed by atoms with E-state index >= 15 is 0 Å². The van der Waals surface area contributed by atoms with Gasteiger partial charge in [0.2, 0.25) is 5.91 Å². The summed E-state index contributed by atoms with van der Waals surface area (Å²) in [5.41, 5.74) is 1.83. The van der Waals surface area contributed by atoms with Crippen LogP contribution in [0.25, 0.3) is 0 Å². The molecule has 5 heteroatoms. The van der Waals surface area contributed by atoms with Gasteiger partial charge in [-0.3, -0.25) is 9.69 Å². The monoisotopic (exact) mass is 339 g/mol. The van der Waals surface area contributed by atoms with Crippen LogP contribution in [0.2, 0.25) is 0 Å². The molecule has 1 aliphatic heterocycles. The Morgan fingerprint density at radius 1 is 1.16 bits per heavy atom. The molecule has 2 aromatic rings. The van der Waals surface area contributed by atoms with Crippen molar-refractivity contribution in [1.82, 2.24) is 15.0 Å². The second-order valence-corrected chi connectivity index (χ2v) is 7.30. The molecule has 4 rings (SSSR count). The van der Waals surface area contributed by atoms with Crippen molar-refractivity contribution < 1.29 is 9.32 Å². The summed E-state index contributed by atoms with van der Waals surface area (Å²) >= 11 is 0. The summed E-state index contributed by atoms with van der Waals surface area (Å²) in [4.78, 5) is 17.6. The van der Waals surface area contributed by atoms with Crippen molar-refractivity contribution in [2.45, 2.75) is 38.1 Å². The van der Waals surface area contributed by atoms with Gasteiger partial charge < -0.3 is 9.42 Å². The van der Waals surface area contributed by atoms with Crippen molar-refractivity contribution in [2.75, 3.05) is 26.2 Å². The number of aromatic nitrogens is 1. The zero-order valence-electron chi connectivity index (χ0n) is 14.8. The fraction of sp³-hybridized carbons (Fsp3) is 0.500. The maximum Gasteiger partial charge on any atom is 0.233 e. The molecule has 2 aliphatic rings. The van der Waals surface area contributed by atoms with Gasteiger partial charge in [-0.1, -0.05) is 41.9 Å². The molecule has 1 saturated carbocycles. The normalized spacial score (nSPS) is 20.3. The lowest BCUT2D eigenvalue weighted by atomic mass is 9.63. The van der Waals surface area contributed by atoms with Gasteiger partial charge >= 0.3 is 0 Å². The lowest BCUT2D eigenvalue weighted by molar-refractivity contribution is -0.142.